The molecule has 0 radical (unpaired) electrons. The Morgan fingerprint density at radius 3 is 2.53 bits per heavy atom. The molecular weight excluding hydrogens is 236 g/mol. The highest BCUT2D eigenvalue weighted by Crippen LogP contribution is 2.30. The SMILES string of the molecule is CCCc1nc(NC)c(C)c(N(C)C2CCCC2)n1. The summed E-state index contributed by atoms with van der Waals surface area (Å²) in [6.45, 7) is 4.28. The molecule has 1 heterocycles. The van der Waals surface area contributed by atoms with Crippen LogP contribution in [0.3, 0.4) is 0 Å². The van der Waals surface area contributed by atoms with Gasteiger partial charge in [-0.3, -0.25) is 0 Å². The first-order chi connectivity index (χ1) is 9.17. The minimum Gasteiger partial charge on any atom is -0.373 e. The molecule has 4 nitrogen and oxygen atoms in total. The highest BCUT2D eigenvalue weighted by Gasteiger charge is 2.23. The number of nitrogens with zero attached hydrogens (tertiary/aromatic N) is 3. The van der Waals surface area contributed by atoms with Crippen LogP contribution in [0.2, 0.25) is 0 Å². The van der Waals surface area contributed by atoms with E-state index in [-0.39, 0.29) is 0 Å². The molecule has 4 heteroatoms. The second kappa shape index (κ2) is 6.22. The van der Waals surface area contributed by atoms with Gasteiger partial charge in [0.05, 0.1) is 0 Å². The van der Waals surface area contributed by atoms with Gasteiger partial charge in [0.25, 0.3) is 0 Å². The second-order valence-electron chi connectivity index (χ2n) is 5.49. The van der Waals surface area contributed by atoms with Crippen LogP contribution in [0, 0.1) is 6.92 Å². The van der Waals surface area contributed by atoms with Crippen molar-refractivity contribution < 1.29 is 0 Å². The number of hydrogen-bond acceptors (Lipinski definition) is 4. The number of rotatable bonds is 5. The molecule has 0 saturated heterocycles. The average molecular weight is 262 g/mol. The number of aromatic nitrogens is 2. The van der Waals surface area contributed by atoms with E-state index in [2.05, 4.69) is 36.1 Å². The van der Waals surface area contributed by atoms with E-state index < -0.39 is 0 Å². The van der Waals surface area contributed by atoms with E-state index in [9.17, 15) is 0 Å². The van der Waals surface area contributed by atoms with E-state index in [0.29, 0.717) is 6.04 Å². The van der Waals surface area contributed by atoms with Crippen LogP contribution >= 0.6 is 0 Å². The molecule has 0 aromatic carbocycles. The molecule has 1 aliphatic carbocycles. The molecule has 2 rings (SSSR count). The van der Waals surface area contributed by atoms with Gasteiger partial charge in [0, 0.05) is 32.1 Å². The number of aryl methyl sites for hydroxylation is 1. The van der Waals surface area contributed by atoms with Crippen molar-refractivity contribution in [2.45, 2.75) is 58.4 Å². The predicted molar refractivity (Wildman–Crippen MR) is 81.0 cm³/mol. The largest absolute Gasteiger partial charge is 0.373 e. The lowest BCUT2D eigenvalue weighted by atomic mass is 10.2. The molecule has 0 bridgehead atoms. The molecule has 0 atom stereocenters. The van der Waals surface area contributed by atoms with Gasteiger partial charge in [-0.25, -0.2) is 9.97 Å². The van der Waals surface area contributed by atoms with Crippen LogP contribution in [-0.4, -0.2) is 30.1 Å². The lowest BCUT2D eigenvalue weighted by molar-refractivity contribution is 0.641. The van der Waals surface area contributed by atoms with Crippen molar-refractivity contribution >= 4 is 11.6 Å². The molecule has 1 fully saturated rings. The van der Waals surface area contributed by atoms with Crippen LogP contribution in [0.15, 0.2) is 0 Å². The Hall–Kier alpha value is -1.32. The summed E-state index contributed by atoms with van der Waals surface area (Å²) in [4.78, 5) is 11.8. The number of nitrogens with one attached hydrogen (secondary N) is 1. The topological polar surface area (TPSA) is 41.1 Å². The molecule has 1 N–H and O–H groups in total. The summed E-state index contributed by atoms with van der Waals surface area (Å²) in [5.74, 6) is 3.03. The first-order valence-electron chi connectivity index (χ1n) is 7.45. The van der Waals surface area contributed by atoms with E-state index in [1.807, 2.05) is 7.05 Å². The molecule has 19 heavy (non-hydrogen) atoms. The number of anilines is 2. The highest BCUT2D eigenvalue weighted by molar-refractivity contribution is 5.58. The Kier molecular flexibility index (Phi) is 4.61. The molecule has 0 aliphatic heterocycles. The fourth-order valence-electron chi connectivity index (χ4n) is 2.94. The Labute approximate surface area is 116 Å². The molecule has 0 spiro atoms. The lowest BCUT2D eigenvalue weighted by Crippen LogP contribution is -2.31. The first kappa shape index (κ1) is 14.1. The minimum atomic E-state index is 0.646. The summed E-state index contributed by atoms with van der Waals surface area (Å²) < 4.78 is 0. The maximum atomic E-state index is 4.79. The van der Waals surface area contributed by atoms with Crippen LogP contribution < -0.4 is 10.2 Å². The van der Waals surface area contributed by atoms with Crippen LogP contribution in [0.1, 0.15) is 50.4 Å². The average Bonchev–Trinajstić information content (AvgIpc) is 2.94. The Bertz CT molecular complexity index is 424. The van der Waals surface area contributed by atoms with Crippen molar-refractivity contribution in [1.29, 1.82) is 0 Å². The van der Waals surface area contributed by atoms with Crippen LogP contribution in [-0.2, 0) is 6.42 Å². The van der Waals surface area contributed by atoms with E-state index >= 15 is 0 Å². The van der Waals surface area contributed by atoms with Gasteiger partial charge in [0.2, 0.25) is 0 Å². The first-order valence-corrected chi connectivity index (χ1v) is 7.45. The summed E-state index contributed by atoms with van der Waals surface area (Å²) in [6, 6.07) is 0.646. The Morgan fingerprint density at radius 1 is 1.26 bits per heavy atom. The minimum absolute atomic E-state index is 0.646. The molecule has 1 aliphatic rings. The third-order valence-corrected chi connectivity index (χ3v) is 4.08. The van der Waals surface area contributed by atoms with Crippen molar-refractivity contribution in [2.75, 3.05) is 24.3 Å². The van der Waals surface area contributed by atoms with Gasteiger partial charge in [-0.15, -0.1) is 0 Å². The van der Waals surface area contributed by atoms with Gasteiger partial charge in [0.1, 0.15) is 17.5 Å². The summed E-state index contributed by atoms with van der Waals surface area (Å²) in [6.07, 6.45) is 7.30. The van der Waals surface area contributed by atoms with Crippen molar-refractivity contribution in [3.63, 3.8) is 0 Å². The summed E-state index contributed by atoms with van der Waals surface area (Å²) in [5.41, 5.74) is 1.16. The smallest absolute Gasteiger partial charge is 0.137 e. The zero-order chi connectivity index (χ0) is 13.8. The normalized spacial score (nSPS) is 15.8. The third kappa shape index (κ3) is 2.99. The molecular formula is C15H26N4. The third-order valence-electron chi connectivity index (χ3n) is 4.08. The fraction of sp³-hybridized carbons (Fsp3) is 0.733. The Morgan fingerprint density at radius 2 is 1.95 bits per heavy atom. The van der Waals surface area contributed by atoms with Gasteiger partial charge in [0.15, 0.2) is 0 Å². The molecule has 1 aromatic rings. The van der Waals surface area contributed by atoms with Crippen LogP contribution in [0.4, 0.5) is 11.6 Å². The standard InChI is InChI=1S/C15H26N4/c1-5-8-13-17-14(16-3)11(2)15(18-13)19(4)12-9-6-7-10-12/h12H,5-10H2,1-4H3,(H,16,17,18). The summed E-state index contributed by atoms with van der Waals surface area (Å²) in [7, 11) is 4.12. The van der Waals surface area contributed by atoms with Crippen molar-refractivity contribution in [3.8, 4) is 0 Å². The van der Waals surface area contributed by atoms with Gasteiger partial charge in [-0.1, -0.05) is 19.8 Å². The molecule has 0 unspecified atom stereocenters. The van der Waals surface area contributed by atoms with Gasteiger partial charge < -0.3 is 10.2 Å². The van der Waals surface area contributed by atoms with Gasteiger partial charge in [-0.2, -0.15) is 0 Å². The van der Waals surface area contributed by atoms with E-state index in [1.165, 1.54) is 25.7 Å². The Balaban J connectivity index is 2.33. The lowest BCUT2D eigenvalue weighted by Gasteiger charge is -2.28. The maximum Gasteiger partial charge on any atom is 0.137 e. The molecule has 0 amide bonds. The second-order valence-corrected chi connectivity index (χ2v) is 5.49. The van der Waals surface area contributed by atoms with Gasteiger partial charge >= 0.3 is 0 Å². The van der Waals surface area contributed by atoms with E-state index in [0.717, 1.165) is 35.9 Å². The monoisotopic (exact) mass is 262 g/mol. The van der Waals surface area contributed by atoms with Crippen LogP contribution in [0.5, 0.6) is 0 Å². The van der Waals surface area contributed by atoms with E-state index in [4.69, 9.17) is 4.98 Å². The quantitative estimate of drug-likeness (QED) is 0.885. The number of hydrogen-bond donors (Lipinski definition) is 1. The predicted octanol–water partition coefficient (Wildman–Crippen LogP) is 3.16. The molecule has 1 saturated carbocycles. The van der Waals surface area contributed by atoms with Crippen LogP contribution in [0.25, 0.3) is 0 Å². The molecule has 106 valence electrons. The van der Waals surface area contributed by atoms with E-state index in [1.54, 1.807) is 0 Å². The summed E-state index contributed by atoms with van der Waals surface area (Å²) >= 11 is 0. The fourth-order valence-corrected chi connectivity index (χ4v) is 2.94. The summed E-state index contributed by atoms with van der Waals surface area (Å²) in [5, 5.41) is 3.20. The van der Waals surface area contributed by atoms with Crippen molar-refractivity contribution in [2.24, 2.45) is 0 Å². The maximum absolute atomic E-state index is 4.79. The van der Waals surface area contributed by atoms with Crippen molar-refractivity contribution in [3.05, 3.63) is 11.4 Å². The van der Waals surface area contributed by atoms with Gasteiger partial charge in [-0.05, 0) is 26.2 Å². The zero-order valence-corrected chi connectivity index (χ0v) is 12.7. The molecule has 1 aromatic heterocycles. The zero-order valence-electron chi connectivity index (χ0n) is 12.7. The highest BCUT2D eigenvalue weighted by atomic mass is 15.2. The van der Waals surface area contributed by atoms with Crippen molar-refractivity contribution in [1.82, 2.24) is 9.97 Å².